The van der Waals surface area contributed by atoms with Crippen LogP contribution in [0.2, 0.25) is 0 Å². The second kappa shape index (κ2) is 8.77. The molecule has 0 bridgehead atoms. The van der Waals surface area contributed by atoms with Crippen LogP contribution in [0.4, 0.5) is 0 Å². The van der Waals surface area contributed by atoms with Crippen LogP contribution in [0.25, 0.3) is 10.9 Å². The monoisotopic (exact) mass is 386 g/mol. The maximum absolute atomic E-state index is 12.9. The molecule has 2 aromatic heterocycles. The van der Waals surface area contributed by atoms with Gasteiger partial charge in [-0.15, -0.1) is 0 Å². The summed E-state index contributed by atoms with van der Waals surface area (Å²) in [5, 5.41) is 3.24. The third-order valence-electron chi connectivity index (χ3n) is 4.38. The molecule has 0 saturated carbocycles. The minimum Gasteiger partial charge on any atom is -0.353 e. The average Bonchev–Trinajstić information content (AvgIpc) is 3.17. The molecule has 0 aliphatic rings. The van der Waals surface area contributed by atoms with Crippen LogP contribution in [0.15, 0.2) is 58.4 Å². The molecule has 3 aromatic rings. The zero-order chi connectivity index (χ0) is 19.2. The van der Waals surface area contributed by atoms with Crippen molar-refractivity contribution in [3.63, 3.8) is 0 Å². The molecule has 1 atom stereocenters. The standard InChI is InChI=1S/C19H22N4O3S/c1-27-13-8-16(17(24)20-9-12-22-10-4-5-11-22)23-18(25)14-6-2-3-7-15(14)21-19(23)26/h2-7,10-11,16H,8-9,12-13H2,1H3,(H,20,24)(H,21,26). The largest absolute Gasteiger partial charge is 0.353 e. The number of rotatable bonds is 8. The molecule has 8 heteroatoms. The second-order valence-electron chi connectivity index (χ2n) is 6.16. The molecule has 7 nitrogen and oxygen atoms in total. The van der Waals surface area contributed by atoms with Crippen LogP contribution >= 0.6 is 11.8 Å². The van der Waals surface area contributed by atoms with Crippen molar-refractivity contribution in [2.45, 2.75) is 19.0 Å². The van der Waals surface area contributed by atoms with Gasteiger partial charge in [0, 0.05) is 25.5 Å². The highest BCUT2D eigenvalue weighted by Gasteiger charge is 2.24. The van der Waals surface area contributed by atoms with Gasteiger partial charge in [-0.2, -0.15) is 11.8 Å². The molecular weight excluding hydrogens is 364 g/mol. The number of nitrogens with zero attached hydrogens (tertiary/aromatic N) is 2. The number of H-pyrrole nitrogens is 1. The van der Waals surface area contributed by atoms with Crippen molar-refractivity contribution in [3.05, 3.63) is 69.6 Å². The number of hydrogen-bond donors (Lipinski definition) is 2. The van der Waals surface area contributed by atoms with Crippen LogP contribution < -0.4 is 16.6 Å². The molecule has 1 aromatic carbocycles. The number of aromatic amines is 1. The predicted octanol–water partition coefficient (Wildman–Crippen LogP) is 1.60. The molecule has 0 spiro atoms. The Bertz CT molecular complexity index is 1020. The Morgan fingerprint density at radius 1 is 1.19 bits per heavy atom. The van der Waals surface area contributed by atoms with Gasteiger partial charge in [-0.05, 0) is 42.7 Å². The number of amides is 1. The summed E-state index contributed by atoms with van der Waals surface area (Å²) in [6.45, 7) is 1.04. The fourth-order valence-electron chi connectivity index (χ4n) is 3.01. The zero-order valence-corrected chi connectivity index (χ0v) is 15.9. The Balaban J connectivity index is 1.87. The van der Waals surface area contributed by atoms with Crippen LogP contribution in [0, 0.1) is 0 Å². The molecule has 3 rings (SSSR count). The summed E-state index contributed by atoms with van der Waals surface area (Å²) in [4.78, 5) is 40.9. The Hall–Kier alpha value is -2.74. The van der Waals surface area contributed by atoms with Crippen molar-refractivity contribution in [1.29, 1.82) is 0 Å². The normalized spacial score (nSPS) is 12.2. The fraction of sp³-hybridized carbons (Fsp3) is 0.316. The Morgan fingerprint density at radius 3 is 2.67 bits per heavy atom. The fourth-order valence-corrected chi connectivity index (χ4v) is 3.47. The third kappa shape index (κ3) is 4.33. The van der Waals surface area contributed by atoms with Gasteiger partial charge in [-0.3, -0.25) is 9.59 Å². The Morgan fingerprint density at radius 2 is 1.93 bits per heavy atom. The van der Waals surface area contributed by atoms with Crippen LogP contribution in [-0.2, 0) is 11.3 Å². The number of thioether (sulfide) groups is 1. The molecule has 142 valence electrons. The molecule has 0 saturated heterocycles. The summed E-state index contributed by atoms with van der Waals surface area (Å²) < 4.78 is 3.00. The molecular formula is C19H22N4O3S. The van der Waals surface area contributed by atoms with Crippen molar-refractivity contribution >= 4 is 28.6 Å². The second-order valence-corrected chi connectivity index (χ2v) is 7.15. The molecule has 1 unspecified atom stereocenters. The van der Waals surface area contributed by atoms with E-state index in [2.05, 4.69) is 10.3 Å². The first kappa shape index (κ1) is 19.0. The summed E-state index contributed by atoms with van der Waals surface area (Å²) in [6.07, 6.45) is 6.15. The van der Waals surface area contributed by atoms with Crippen molar-refractivity contribution in [1.82, 2.24) is 19.4 Å². The average molecular weight is 386 g/mol. The summed E-state index contributed by atoms with van der Waals surface area (Å²) in [6, 6.07) is 9.80. The highest BCUT2D eigenvalue weighted by molar-refractivity contribution is 7.98. The summed E-state index contributed by atoms with van der Waals surface area (Å²) in [5.41, 5.74) is -0.535. The van der Waals surface area contributed by atoms with E-state index >= 15 is 0 Å². The van der Waals surface area contributed by atoms with Gasteiger partial charge in [0.25, 0.3) is 5.56 Å². The van der Waals surface area contributed by atoms with E-state index in [9.17, 15) is 14.4 Å². The van der Waals surface area contributed by atoms with Gasteiger partial charge in [-0.25, -0.2) is 9.36 Å². The van der Waals surface area contributed by atoms with E-state index in [0.29, 0.717) is 36.2 Å². The molecule has 1 amide bonds. The number of para-hydroxylation sites is 1. The lowest BCUT2D eigenvalue weighted by Gasteiger charge is -2.19. The lowest BCUT2D eigenvalue weighted by atomic mass is 10.2. The van der Waals surface area contributed by atoms with E-state index < -0.39 is 17.3 Å². The SMILES string of the molecule is CSCCC(C(=O)NCCn1cccc1)n1c(=O)[nH]c2ccccc2c1=O. The number of benzene rings is 1. The Kier molecular flexibility index (Phi) is 6.18. The van der Waals surface area contributed by atoms with E-state index in [0.717, 1.165) is 4.57 Å². The van der Waals surface area contributed by atoms with E-state index in [-0.39, 0.29) is 5.91 Å². The molecule has 0 aliphatic carbocycles. The maximum atomic E-state index is 12.9. The maximum Gasteiger partial charge on any atom is 0.329 e. The quantitative estimate of drug-likeness (QED) is 0.615. The first-order chi connectivity index (χ1) is 13.1. The van der Waals surface area contributed by atoms with Crippen molar-refractivity contribution < 1.29 is 4.79 Å². The molecule has 27 heavy (non-hydrogen) atoms. The van der Waals surface area contributed by atoms with Crippen molar-refractivity contribution in [2.24, 2.45) is 0 Å². The summed E-state index contributed by atoms with van der Waals surface area (Å²) >= 11 is 1.57. The van der Waals surface area contributed by atoms with Gasteiger partial charge in [0.1, 0.15) is 6.04 Å². The molecule has 2 heterocycles. The van der Waals surface area contributed by atoms with Gasteiger partial charge in [-0.1, -0.05) is 12.1 Å². The number of nitrogens with one attached hydrogen (secondary N) is 2. The number of carbonyl (C=O) groups excluding carboxylic acids is 1. The van der Waals surface area contributed by atoms with Gasteiger partial charge in [0.05, 0.1) is 10.9 Å². The van der Waals surface area contributed by atoms with Crippen LogP contribution in [0.3, 0.4) is 0 Å². The van der Waals surface area contributed by atoms with E-state index in [4.69, 9.17) is 0 Å². The molecule has 0 radical (unpaired) electrons. The van der Waals surface area contributed by atoms with Crippen LogP contribution in [0.5, 0.6) is 0 Å². The highest BCUT2D eigenvalue weighted by Crippen LogP contribution is 2.13. The van der Waals surface area contributed by atoms with Gasteiger partial charge in [0.15, 0.2) is 0 Å². The molecule has 2 N–H and O–H groups in total. The van der Waals surface area contributed by atoms with Crippen molar-refractivity contribution in [2.75, 3.05) is 18.6 Å². The zero-order valence-electron chi connectivity index (χ0n) is 15.1. The first-order valence-corrected chi connectivity index (χ1v) is 10.1. The third-order valence-corrected chi connectivity index (χ3v) is 5.03. The van der Waals surface area contributed by atoms with Crippen LogP contribution in [0.1, 0.15) is 12.5 Å². The summed E-state index contributed by atoms with van der Waals surface area (Å²) in [5.74, 6) is 0.341. The van der Waals surface area contributed by atoms with E-state index in [1.807, 2.05) is 35.3 Å². The van der Waals surface area contributed by atoms with E-state index in [1.165, 1.54) is 0 Å². The molecule has 0 aliphatic heterocycles. The van der Waals surface area contributed by atoms with Gasteiger partial charge < -0.3 is 14.9 Å². The summed E-state index contributed by atoms with van der Waals surface area (Å²) in [7, 11) is 0. The van der Waals surface area contributed by atoms with E-state index in [1.54, 1.807) is 36.0 Å². The number of fused-ring (bicyclic) bond motifs is 1. The Labute approximate surface area is 160 Å². The molecule has 0 fully saturated rings. The number of aromatic nitrogens is 3. The highest BCUT2D eigenvalue weighted by atomic mass is 32.2. The lowest BCUT2D eigenvalue weighted by Crippen LogP contribution is -2.45. The minimum absolute atomic E-state index is 0.320. The lowest BCUT2D eigenvalue weighted by molar-refractivity contribution is -0.124. The number of carbonyl (C=O) groups is 1. The van der Waals surface area contributed by atoms with Crippen molar-refractivity contribution in [3.8, 4) is 0 Å². The minimum atomic E-state index is -0.844. The first-order valence-electron chi connectivity index (χ1n) is 8.73. The van der Waals surface area contributed by atoms with Gasteiger partial charge in [0.2, 0.25) is 5.91 Å². The predicted molar refractivity (Wildman–Crippen MR) is 108 cm³/mol. The smallest absolute Gasteiger partial charge is 0.329 e. The topological polar surface area (TPSA) is 88.9 Å². The van der Waals surface area contributed by atoms with Gasteiger partial charge >= 0.3 is 5.69 Å². The van der Waals surface area contributed by atoms with Crippen LogP contribution in [-0.4, -0.2) is 38.6 Å². The number of hydrogen-bond acceptors (Lipinski definition) is 4.